The molecule has 1 amide bonds. The van der Waals surface area contributed by atoms with Gasteiger partial charge in [0.2, 0.25) is 0 Å². The van der Waals surface area contributed by atoms with Crippen molar-refractivity contribution in [3.8, 4) is 5.75 Å². The number of benzene rings is 1. The maximum atomic E-state index is 13.6. The molecule has 2 atom stereocenters. The maximum Gasteiger partial charge on any atom is 0.254 e. The lowest BCUT2D eigenvalue weighted by atomic mass is 10.1. The van der Waals surface area contributed by atoms with Crippen LogP contribution in [-0.2, 0) is 4.74 Å². The number of carbonyl (C=O) groups is 1. The van der Waals surface area contributed by atoms with Crippen LogP contribution >= 0.6 is 0 Å². The van der Waals surface area contributed by atoms with Crippen LogP contribution in [0, 0.1) is 5.82 Å². The van der Waals surface area contributed by atoms with Gasteiger partial charge in [-0.15, -0.1) is 0 Å². The number of nitrogens with zero attached hydrogens (tertiary/aromatic N) is 1. The van der Waals surface area contributed by atoms with Gasteiger partial charge in [0.15, 0.2) is 0 Å². The van der Waals surface area contributed by atoms with Crippen molar-refractivity contribution in [2.24, 2.45) is 0 Å². The van der Waals surface area contributed by atoms with Gasteiger partial charge in [-0.05, 0) is 26.1 Å². The molecule has 0 spiro atoms. The molecule has 0 bridgehead atoms. The first-order valence-electron chi connectivity index (χ1n) is 6.57. The van der Waals surface area contributed by atoms with Crippen LogP contribution in [0.3, 0.4) is 0 Å². The van der Waals surface area contributed by atoms with E-state index < -0.39 is 11.7 Å². The summed E-state index contributed by atoms with van der Waals surface area (Å²) in [6.07, 6.45) is -0.113. The van der Waals surface area contributed by atoms with Crippen LogP contribution in [0.15, 0.2) is 18.2 Å². The molecule has 1 aromatic carbocycles. The molecule has 110 valence electrons. The van der Waals surface area contributed by atoms with E-state index in [9.17, 15) is 9.18 Å². The third-order valence-corrected chi connectivity index (χ3v) is 3.41. The number of hydrogen-bond donors (Lipinski definition) is 2. The van der Waals surface area contributed by atoms with E-state index in [1.165, 1.54) is 12.1 Å². The molecule has 0 aliphatic carbocycles. The normalized spacial score (nSPS) is 21.4. The molecule has 1 saturated heterocycles. The van der Waals surface area contributed by atoms with Gasteiger partial charge in [0.05, 0.1) is 24.3 Å². The maximum absolute atomic E-state index is 13.6. The van der Waals surface area contributed by atoms with E-state index in [-0.39, 0.29) is 23.5 Å². The zero-order valence-electron chi connectivity index (χ0n) is 11.6. The highest BCUT2D eigenvalue weighted by Crippen LogP contribution is 2.15. The largest absolute Gasteiger partial charge is 0.508 e. The smallest absolute Gasteiger partial charge is 0.254 e. The summed E-state index contributed by atoms with van der Waals surface area (Å²) in [4.78, 5) is 14.1. The summed E-state index contributed by atoms with van der Waals surface area (Å²) in [6.45, 7) is 4.04. The van der Waals surface area contributed by atoms with Crippen molar-refractivity contribution in [1.82, 2.24) is 10.2 Å². The highest BCUT2D eigenvalue weighted by molar-refractivity contribution is 5.94. The lowest BCUT2D eigenvalue weighted by molar-refractivity contribution is -0.0342. The second-order valence-corrected chi connectivity index (χ2v) is 5.10. The number of carbonyl (C=O) groups excluding carboxylic acids is 1. The first kappa shape index (κ1) is 14.7. The van der Waals surface area contributed by atoms with Crippen molar-refractivity contribution >= 4 is 5.91 Å². The Balaban J connectivity index is 1.99. The van der Waals surface area contributed by atoms with Gasteiger partial charge >= 0.3 is 0 Å². The minimum Gasteiger partial charge on any atom is -0.508 e. The van der Waals surface area contributed by atoms with Gasteiger partial charge in [0.1, 0.15) is 11.6 Å². The number of aromatic hydroxyl groups is 1. The fourth-order valence-electron chi connectivity index (χ4n) is 2.18. The summed E-state index contributed by atoms with van der Waals surface area (Å²) < 4.78 is 19.2. The Hall–Kier alpha value is -1.66. The van der Waals surface area contributed by atoms with Crippen LogP contribution in [0.4, 0.5) is 4.39 Å². The molecule has 5 nitrogen and oxygen atoms in total. The highest BCUT2D eigenvalue weighted by Gasteiger charge is 2.25. The second-order valence-electron chi connectivity index (χ2n) is 5.10. The molecule has 1 heterocycles. The van der Waals surface area contributed by atoms with Gasteiger partial charge in [-0.2, -0.15) is 0 Å². The summed E-state index contributed by atoms with van der Waals surface area (Å²) in [5, 5.41) is 11.9. The SMILES string of the molecule is C[C@@H](NC(=O)c1ccc(O)cc1F)[C@@H]1CN(C)CCO1. The predicted molar refractivity (Wildman–Crippen MR) is 72.2 cm³/mol. The zero-order chi connectivity index (χ0) is 14.7. The molecule has 2 N–H and O–H groups in total. The summed E-state index contributed by atoms with van der Waals surface area (Å²) in [5.74, 6) is -1.45. The lowest BCUT2D eigenvalue weighted by Crippen LogP contribution is -2.51. The highest BCUT2D eigenvalue weighted by atomic mass is 19.1. The molecule has 1 aromatic rings. The molecule has 0 aromatic heterocycles. The van der Waals surface area contributed by atoms with Crippen molar-refractivity contribution in [2.45, 2.75) is 19.1 Å². The lowest BCUT2D eigenvalue weighted by Gasteiger charge is -2.33. The molecule has 1 fully saturated rings. The summed E-state index contributed by atoms with van der Waals surface area (Å²) >= 11 is 0. The molecule has 1 aliphatic heterocycles. The molecule has 6 heteroatoms. The quantitative estimate of drug-likeness (QED) is 0.867. The molecular weight excluding hydrogens is 263 g/mol. The summed E-state index contributed by atoms with van der Waals surface area (Å²) in [7, 11) is 1.99. The number of phenolic OH excluding ortho intramolecular Hbond substituents is 1. The van der Waals surface area contributed by atoms with E-state index in [1.807, 2.05) is 14.0 Å². The van der Waals surface area contributed by atoms with E-state index in [0.29, 0.717) is 6.61 Å². The Morgan fingerprint density at radius 1 is 1.60 bits per heavy atom. The fourth-order valence-corrected chi connectivity index (χ4v) is 2.18. The van der Waals surface area contributed by atoms with Gasteiger partial charge < -0.3 is 20.1 Å². The third-order valence-electron chi connectivity index (χ3n) is 3.41. The average molecular weight is 282 g/mol. The first-order chi connectivity index (χ1) is 9.47. The van der Waals surface area contributed by atoms with Crippen LogP contribution < -0.4 is 5.32 Å². The Morgan fingerprint density at radius 2 is 2.35 bits per heavy atom. The Kier molecular flexibility index (Phi) is 4.57. The predicted octanol–water partition coefficient (Wildman–Crippen LogP) is 0.980. The van der Waals surface area contributed by atoms with Gasteiger partial charge in [-0.3, -0.25) is 4.79 Å². The zero-order valence-corrected chi connectivity index (χ0v) is 11.6. The van der Waals surface area contributed by atoms with E-state index >= 15 is 0 Å². The minimum absolute atomic E-state index is 0.0844. The number of morpholine rings is 1. The number of phenols is 1. The standard InChI is InChI=1S/C14H19FN2O3/c1-9(13-8-17(2)5-6-20-13)16-14(19)11-4-3-10(18)7-12(11)15/h3-4,7,9,13,18H,5-6,8H2,1-2H3,(H,16,19)/t9-,13+/m1/s1. The second kappa shape index (κ2) is 6.19. The van der Waals surface area contributed by atoms with Gasteiger partial charge in [-0.25, -0.2) is 4.39 Å². The van der Waals surface area contributed by atoms with Crippen molar-refractivity contribution in [3.05, 3.63) is 29.6 Å². The van der Waals surface area contributed by atoms with Crippen molar-refractivity contribution in [3.63, 3.8) is 0 Å². The summed E-state index contributed by atoms with van der Waals surface area (Å²) in [5.41, 5.74) is -0.0844. The first-order valence-corrected chi connectivity index (χ1v) is 6.57. The number of amides is 1. The number of rotatable bonds is 3. The molecule has 0 unspecified atom stereocenters. The van der Waals surface area contributed by atoms with Crippen molar-refractivity contribution in [1.29, 1.82) is 0 Å². The number of nitrogens with one attached hydrogen (secondary N) is 1. The van der Waals surface area contributed by atoms with Gasteiger partial charge in [0.25, 0.3) is 5.91 Å². The fraction of sp³-hybridized carbons (Fsp3) is 0.500. The van der Waals surface area contributed by atoms with Crippen LogP contribution in [0.5, 0.6) is 5.75 Å². The number of hydrogen-bond acceptors (Lipinski definition) is 4. The van der Waals surface area contributed by atoms with E-state index in [4.69, 9.17) is 9.84 Å². The van der Waals surface area contributed by atoms with Crippen molar-refractivity contribution in [2.75, 3.05) is 26.7 Å². The third kappa shape index (κ3) is 3.46. The Morgan fingerprint density at radius 3 is 3.00 bits per heavy atom. The molecular formula is C14H19FN2O3. The van der Waals surface area contributed by atoms with Crippen molar-refractivity contribution < 1.29 is 19.0 Å². The van der Waals surface area contributed by atoms with Crippen LogP contribution in [0.2, 0.25) is 0 Å². The Labute approximate surface area is 117 Å². The monoisotopic (exact) mass is 282 g/mol. The average Bonchev–Trinajstić information content (AvgIpc) is 2.38. The Bertz CT molecular complexity index is 495. The topological polar surface area (TPSA) is 61.8 Å². The number of halogens is 1. The molecule has 0 radical (unpaired) electrons. The number of likely N-dealkylation sites (N-methyl/N-ethyl adjacent to an activating group) is 1. The van der Waals surface area contributed by atoms with E-state index in [1.54, 1.807) is 0 Å². The number of ether oxygens (including phenoxy) is 1. The van der Waals surface area contributed by atoms with Gasteiger partial charge in [-0.1, -0.05) is 0 Å². The molecule has 20 heavy (non-hydrogen) atoms. The van der Waals surface area contributed by atoms with Crippen LogP contribution in [-0.4, -0.2) is 54.8 Å². The van der Waals surface area contributed by atoms with Gasteiger partial charge in [0, 0.05) is 19.2 Å². The minimum atomic E-state index is -0.739. The van der Waals surface area contributed by atoms with Crippen LogP contribution in [0.25, 0.3) is 0 Å². The van der Waals surface area contributed by atoms with E-state index in [2.05, 4.69) is 10.2 Å². The summed E-state index contributed by atoms with van der Waals surface area (Å²) in [6, 6.07) is 3.25. The van der Waals surface area contributed by atoms with Crippen LogP contribution in [0.1, 0.15) is 17.3 Å². The van der Waals surface area contributed by atoms with E-state index in [0.717, 1.165) is 19.2 Å². The molecule has 2 rings (SSSR count). The molecule has 0 saturated carbocycles. The molecule has 1 aliphatic rings.